The number of nitrogens with zero attached hydrogens (tertiary/aromatic N) is 2. The van der Waals surface area contributed by atoms with Gasteiger partial charge < -0.3 is 19.5 Å². The number of halogens is 1. The topological polar surface area (TPSA) is 71.9 Å². The minimum atomic E-state index is -1.04. The Balaban J connectivity index is 1.69. The fraction of sp³-hybridized carbons (Fsp3) is 0.368. The van der Waals surface area contributed by atoms with Crippen molar-refractivity contribution in [1.29, 1.82) is 0 Å². The summed E-state index contributed by atoms with van der Waals surface area (Å²) in [6, 6.07) is 7.52. The molecule has 138 valence electrons. The highest BCUT2D eigenvalue weighted by molar-refractivity contribution is 6.33. The highest BCUT2D eigenvalue weighted by Crippen LogP contribution is 2.31. The molecule has 1 atom stereocenters. The Bertz CT molecular complexity index is 812. The number of carboxylic acid groups (broad SMARTS) is 1. The van der Waals surface area contributed by atoms with E-state index in [2.05, 4.69) is 9.88 Å². The average molecular weight is 377 g/mol. The van der Waals surface area contributed by atoms with Crippen molar-refractivity contribution in [3.63, 3.8) is 0 Å². The van der Waals surface area contributed by atoms with E-state index in [0.717, 1.165) is 37.4 Å². The first kappa shape index (κ1) is 18.3. The van der Waals surface area contributed by atoms with Crippen molar-refractivity contribution in [3.8, 4) is 11.5 Å². The fourth-order valence-corrected chi connectivity index (χ4v) is 3.50. The van der Waals surface area contributed by atoms with Crippen molar-refractivity contribution in [1.82, 2.24) is 4.98 Å². The maximum absolute atomic E-state index is 11.3. The average Bonchev–Trinajstić information content (AvgIpc) is 3.10. The number of carboxylic acids is 1. The minimum Gasteiger partial charge on any atom is -0.493 e. The molecule has 1 aliphatic rings. The van der Waals surface area contributed by atoms with Crippen LogP contribution in [0.1, 0.15) is 22.3 Å². The summed E-state index contributed by atoms with van der Waals surface area (Å²) in [5.41, 5.74) is 1.27. The van der Waals surface area contributed by atoms with Gasteiger partial charge >= 0.3 is 5.97 Å². The van der Waals surface area contributed by atoms with Crippen LogP contribution in [0.25, 0.3) is 0 Å². The van der Waals surface area contributed by atoms with Gasteiger partial charge in [0.05, 0.1) is 24.8 Å². The number of methoxy groups -OCH3 is 2. The lowest BCUT2D eigenvalue weighted by Crippen LogP contribution is -2.21. The number of carbonyl (C=O) groups is 1. The Labute approximate surface area is 157 Å². The van der Waals surface area contributed by atoms with E-state index in [1.54, 1.807) is 20.3 Å². The van der Waals surface area contributed by atoms with Gasteiger partial charge in [0.1, 0.15) is 5.82 Å². The SMILES string of the molecule is COc1ccc(CC2CCN(c3cc(C(=O)O)c(Cl)cn3)C2)cc1OC. The Morgan fingerprint density at radius 1 is 1.31 bits per heavy atom. The van der Waals surface area contributed by atoms with Gasteiger partial charge in [-0.05, 0) is 42.5 Å². The van der Waals surface area contributed by atoms with Crippen molar-refractivity contribution >= 4 is 23.4 Å². The van der Waals surface area contributed by atoms with Gasteiger partial charge in [0.25, 0.3) is 0 Å². The van der Waals surface area contributed by atoms with Crippen LogP contribution < -0.4 is 14.4 Å². The third-order valence-corrected chi connectivity index (χ3v) is 4.95. The first-order chi connectivity index (χ1) is 12.5. The van der Waals surface area contributed by atoms with Crippen LogP contribution in [-0.4, -0.2) is 43.4 Å². The van der Waals surface area contributed by atoms with E-state index in [9.17, 15) is 9.90 Å². The summed E-state index contributed by atoms with van der Waals surface area (Å²) in [5, 5.41) is 9.37. The lowest BCUT2D eigenvalue weighted by atomic mass is 9.98. The molecule has 7 heteroatoms. The highest BCUT2D eigenvalue weighted by atomic mass is 35.5. The molecule has 6 nitrogen and oxygen atoms in total. The molecule has 3 rings (SSSR count). The van der Waals surface area contributed by atoms with E-state index in [4.69, 9.17) is 21.1 Å². The molecule has 0 aliphatic carbocycles. The summed E-state index contributed by atoms with van der Waals surface area (Å²) in [6.45, 7) is 1.66. The van der Waals surface area contributed by atoms with E-state index >= 15 is 0 Å². The number of hydrogen-bond acceptors (Lipinski definition) is 5. The van der Waals surface area contributed by atoms with E-state index in [1.807, 2.05) is 18.2 Å². The van der Waals surface area contributed by atoms with Crippen LogP contribution in [0.3, 0.4) is 0 Å². The van der Waals surface area contributed by atoms with Gasteiger partial charge in [-0.2, -0.15) is 0 Å². The van der Waals surface area contributed by atoms with Gasteiger partial charge in [-0.25, -0.2) is 9.78 Å². The Morgan fingerprint density at radius 2 is 2.08 bits per heavy atom. The minimum absolute atomic E-state index is 0.0833. The van der Waals surface area contributed by atoms with Gasteiger partial charge in [0.2, 0.25) is 0 Å². The van der Waals surface area contributed by atoms with Crippen LogP contribution in [0.2, 0.25) is 5.02 Å². The Kier molecular flexibility index (Phi) is 5.52. The second-order valence-electron chi connectivity index (χ2n) is 6.32. The number of anilines is 1. The summed E-state index contributed by atoms with van der Waals surface area (Å²) in [4.78, 5) is 17.6. The maximum atomic E-state index is 11.3. The van der Waals surface area contributed by atoms with Crippen LogP contribution >= 0.6 is 11.6 Å². The summed E-state index contributed by atoms with van der Waals surface area (Å²) in [7, 11) is 3.25. The van der Waals surface area contributed by atoms with E-state index in [1.165, 1.54) is 11.8 Å². The zero-order chi connectivity index (χ0) is 18.7. The molecular formula is C19H21ClN2O4. The zero-order valence-electron chi connectivity index (χ0n) is 14.7. The summed E-state index contributed by atoms with van der Waals surface area (Å²) in [5.74, 6) is 1.52. The second kappa shape index (κ2) is 7.83. The molecule has 1 aromatic carbocycles. The lowest BCUT2D eigenvalue weighted by molar-refractivity contribution is 0.0697. The Hall–Kier alpha value is -2.47. The van der Waals surface area contributed by atoms with E-state index in [0.29, 0.717) is 11.7 Å². The Morgan fingerprint density at radius 3 is 2.77 bits per heavy atom. The van der Waals surface area contributed by atoms with Crippen molar-refractivity contribution in [3.05, 3.63) is 46.6 Å². The smallest absolute Gasteiger partial charge is 0.337 e. The quantitative estimate of drug-likeness (QED) is 0.831. The summed E-state index contributed by atoms with van der Waals surface area (Å²) < 4.78 is 10.6. The van der Waals surface area contributed by atoms with Crippen LogP contribution in [0.15, 0.2) is 30.5 Å². The van der Waals surface area contributed by atoms with E-state index in [-0.39, 0.29) is 10.6 Å². The van der Waals surface area contributed by atoms with Gasteiger partial charge in [-0.1, -0.05) is 17.7 Å². The van der Waals surface area contributed by atoms with Crippen LogP contribution in [-0.2, 0) is 6.42 Å². The second-order valence-corrected chi connectivity index (χ2v) is 6.73. The molecule has 0 saturated carbocycles. The molecule has 1 unspecified atom stereocenters. The van der Waals surface area contributed by atoms with Gasteiger partial charge in [-0.15, -0.1) is 0 Å². The number of rotatable bonds is 6. The van der Waals surface area contributed by atoms with Crippen LogP contribution in [0.5, 0.6) is 11.5 Å². The maximum Gasteiger partial charge on any atom is 0.337 e. The number of ether oxygens (including phenoxy) is 2. The fourth-order valence-electron chi connectivity index (χ4n) is 3.31. The summed E-state index contributed by atoms with van der Waals surface area (Å²) >= 11 is 5.90. The zero-order valence-corrected chi connectivity index (χ0v) is 15.5. The molecule has 1 aromatic heterocycles. The third-order valence-electron chi connectivity index (χ3n) is 4.65. The third kappa shape index (κ3) is 3.85. The first-order valence-corrected chi connectivity index (χ1v) is 8.74. The molecule has 0 spiro atoms. The molecule has 2 aromatic rings. The molecular weight excluding hydrogens is 356 g/mol. The predicted molar refractivity (Wildman–Crippen MR) is 99.8 cm³/mol. The van der Waals surface area contributed by atoms with E-state index < -0.39 is 5.97 Å². The number of pyridine rings is 1. The molecule has 0 bridgehead atoms. The van der Waals surface area contributed by atoms with Crippen molar-refractivity contribution in [2.75, 3.05) is 32.2 Å². The molecule has 1 aliphatic heterocycles. The molecule has 1 N–H and O–H groups in total. The van der Waals surface area contributed by atoms with Crippen molar-refractivity contribution in [2.24, 2.45) is 5.92 Å². The first-order valence-electron chi connectivity index (χ1n) is 8.36. The lowest BCUT2D eigenvalue weighted by Gasteiger charge is -2.18. The predicted octanol–water partition coefficient (Wildman–Crippen LogP) is 3.52. The number of benzene rings is 1. The van der Waals surface area contributed by atoms with Crippen LogP contribution in [0.4, 0.5) is 5.82 Å². The van der Waals surface area contributed by atoms with Crippen LogP contribution in [0, 0.1) is 5.92 Å². The molecule has 0 amide bonds. The molecule has 1 fully saturated rings. The molecule has 2 heterocycles. The highest BCUT2D eigenvalue weighted by Gasteiger charge is 2.25. The largest absolute Gasteiger partial charge is 0.493 e. The monoisotopic (exact) mass is 376 g/mol. The van der Waals surface area contributed by atoms with Crippen molar-refractivity contribution < 1.29 is 19.4 Å². The molecule has 26 heavy (non-hydrogen) atoms. The number of aromatic nitrogens is 1. The molecule has 0 radical (unpaired) electrons. The molecule has 1 saturated heterocycles. The summed E-state index contributed by atoms with van der Waals surface area (Å²) in [6.07, 6.45) is 3.33. The number of aromatic carboxylic acids is 1. The number of hydrogen-bond donors (Lipinski definition) is 1. The van der Waals surface area contributed by atoms with Crippen molar-refractivity contribution in [2.45, 2.75) is 12.8 Å². The van der Waals surface area contributed by atoms with Gasteiger partial charge in [0.15, 0.2) is 11.5 Å². The normalized spacial score (nSPS) is 16.6. The van der Waals surface area contributed by atoms with Gasteiger partial charge in [0, 0.05) is 19.3 Å². The van der Waals surface area contributed by atoms with Gasteiger partial charge in [-0.3, -0.25) is 0 Å². The standard InChI is InChI=1S/C19H21ClN2O4/c1-25-16-4-3-12(8-17(16)26-2)7-13-5-6-22(11-13)18-9-14(19(23)24)15(20)10-21-18/h3-4,8-10,13H,5-7,11H2,1-2H3,(H,23,24).